The Balaban J connectivity index is 1.85. The number of nitrogens with one attached hydrogen (secondary N) is 1. The first kappa shape index (κ1) is 18.3. The van der Waals surface area contributed by atoms with Crippen LogP contribution in [0.4, 0.5) is 0 Å². The molecule has 1 atom stereocenters. The van der Waals surface area contributed by atoms with Crippen molar-refractivity contribution in [2.45, 2.75) is 52.5 Å². The average molecular weight is 337 g/mol. The fourth-order valence-corrected chi connectivity index (χ4v) is 3.07. The summed E-state index contributed by atoms with van der Waals surface area (Å²) in [6.45, 7) is 9.17. The van der Waals surface area contributed by atoms with Crippen LogP contribution < -0.4 is 5.32 Å². The lowest BCUT2D eigenvalue weighted by Crippen LogP contribution is -2.48. The van der Waals surface area contributed by atoms with Crippen molar-refractivity contribution >= 4 is 17.5 Å². The number of rotatable bonds is 6. The predicted octanol–water partition coefficient (Wildman–Crippen LogP) is 4.42. The first-order valence-corrected chi connectivity index (χ1v) is 9.06. The topological polar surface area (TPSA) is 32.3 Å². The van der Waals surface area contributed by atoms with Crippen molar-refractivity contribution in [3.8, 4) is 0 Å². The van der Waals surface area contributed by atoms with E-state index in [1.54, 1.807) is 0 Å². The monoisotopic (exact) mass is 336 g/mol. The zero-order valence-electron chi connectivity index (χ0n) is 14.6. The van der Waals surface area contributed by atoms with E-state index in [-0.39, 0.29) is 11.9 Å². The number of piperazine rings is 1. The van der Waals surface area contributed by atoms with E-state index in [4.69, 9.17) is 11.6 Å². The van der Waals surface area contributed by atoms with Gasteiger partial charge in [0.15, 0.2) is 0 Å². The summed E-state index contributed by atoms with van der Waals surface area (Å²) >= 11 is 5.95. The standard InChI is InChI=1S/C19H29ClN2O/c1-4-19(2,3)11-5-6-18(23)22-13-12-21-17(14-22)15-7-9-16(20)10-8-15/h7-10,17,21H,4-6,11-14H2,1-3H3. The molecular formula is C19H29ClN2O. The Morgan fingerprint density at radius 2 is 2.04 bits per heavy atom. The van der Waals surface area contributed by atoms with Crippen LogP contribution in [-0.2, 0) is 4.79 Å². The molecule has 1 aliphatic heterocycles. The summed E-state index contributed by atoms with van der Waals surface area (Å²) in [4.78, 5) is 14.5. The largest absolute Gasteiger partial charge is 0.340 e. The van der Waals surface area contributed by atoms with Crippen LogP contribution in [0.25, 0.3) is 0 Å². The fraction of sp³-hybridized carbons (Fsp3) is 0.632. The second-order valence-electron chi connectivity index (χ2n) is 7.27. The number of nitrogens with zero attached hydrogens (tertiary/aromatic N) is 1. The molecule has 0 spiro atoms. The Kier molecular flexibility index (Phi) is 6.49. The maximum atomic E-state index is 12.5. The van der Waals surface area contributed by atoms with Crippen molar-refractivity contribution in [3.05, 3.63) is 34.9 Å². The average Bonchev–Trinajstić information content (AvgIpc) is 2.55. The van der Waals surface area contributed by atoms with Crippen LogP contribution in [0, 0.1) is 5.41 Å². The van der Waals surface area contributed by atoms with Gasteiger partial charge in [0.25, 0.3) is 0 Å². The van der Waals surface area contributed by atoms with Crippen molar-refractivity contribution in [2.24, 2.45) is 5.41 Å². The summed E-state index contributed by atoms with van der Waals surface area (Å²) < 4.78 is 0. The molecule has 4 heteroatoms. The van der Waals surface area contributed by atoms with Gasteiger partial charge >= 0.3 is 0 Å². The van der Waals surface area contributed by atoms with Gasteiger partial charge in [-0.25, -0.2) is 0 Å². The third-order valence-corrected chi connectivity index (χ3v) is 5.25. The Morgan fingerprint density at radius 3 is 2.70 bits per heavy atom. The Bertz CT molecular complexity index is 513. The summed E-state index contributed by atoms with van der Waals surface area (Å²) in [5, 5.41) is 4.24. The second-order valence-corrected chi connectivity index (χ2v) is 7.71. The van der Waals surface area contributed by atoms with Crippen molar-refractivity contribution in [3.63, 3.8) is 0 Å². The molecule has 0 bridgehead atoms. The molecule has 2 rings (SSSR count). The van der Waals surface area contributed by atoms with Gasteiger partial charge in [0.2, 0.25) is 5.91 Å². The zero-order valence-corrected chi connectivity index (χ0v) is 15.3. The summed E-state index contributed by atoms with van der Waals surface area (Å²) in [5.74, 6) is 0.289. The molecule has 1 fully saturated rings. The molecule has 1 unspecified atom stereocenters. The normalized spacial score (nSPS) is 19.0. The molecule has 1 saturated heterocycles. The summed E-state index contributed by atoms with van der Waals surface area (Å²) in [6, 6.07) is 8.10. The van der Waals surface area contributed by atoms with E-state index in [1.807, 2.05) is 29.2 Å². The number of amides is 1. The van der Waals surface area contributed by atoms with E-state index in [0.717, 1.165) is 43.9 Å². The van der Waals surface area contributed by atoms with Crippen LogP contribution in [0.5, 0.6) is 0 Å². The number of hydrogen-bond acceptors (Lipinski definition) is 2. The van der Waals surface area contributed by atoms with Crippen LogP contribution in [0.1, 0.15) is 58.1 Å². The van der Waals surface area contributed by atoms with Gasteiger partial charge in [-0.1, -0.05) is 50.9 Å². The Morgan fingerprint density at radius 1 is 1.35 bits per heavy atom. The third-order valence-electron chi connectivity index (χ3n) is 5.00. The van der Waals surface area contributed by atoms with E-state index in [2.05, 4.69) is 26.1 Å². The SMILES string of the molecule is CCC(C)(C)CCCC(=O)N1CCNC(c2ccc(Cl)cc2)C1. The van der Waals surface area contributed by atoms with Gasteiger partial charge in [-0.3, -0.25) is 4.79 Å². The second kappa shape index (κ2) is 8.16. The number of benzene rings is 1. The quantitative estimate of drug-likeness (QED) is 0.834. The zero-order chi connectivity index (χ0) is 16.9. The molecule has 1 amide bonds. The van der Waals surface area contributed by atoms with Gasteiger partial charge in [-0.15, -0.1) is 0 Å². The van der Waals surface area contributed by atoms with Gasteiger partial charge < -0.3 is 10.2 Å². The van der Waals surface area contributed by atoms with E-state index in [0.29, 0.717) is 11.8 Å². The van der Waals surface area contributed by atoms with Gasteiger partial charge in [0.1, 0.15) is 0 Å². The number of carbonyl (C=O) groups excluding carboxylic acids is 1. The number of carbonyl (C=O) groups is 1. The van der Waals surface area contributed by atoms with Gasteiger partial charge in [-0.2, -0.15) is 0 Å². The van der Waals surface area contributed by atoms with Crippen LogP contribution in [0.15, 0.2) is 24.3 Å². The predicted molar refractivity (Wildman–Crippen MR) is 96.7 cm³/mol. The molecular weight excluding hydrogens is 308 g/mol. The molecule has 3 nitrogen and oxygen atoms in total. The first-order chi connectivity index (χ1) is 10.9. The van der Waals surface area contributed by atoms with Crippen LogP contribution in [0.2, 0.25) is 5.02 Å². The van der Waals surface area contributed by atoms with Crippen LogP contribution in [0.3, 0.4) is 0 Å². The maximum Gasteiger partial charge on any atom is 0.222 e. The summed E-state index contributed by atoms with van der Waals surface area (Å²) in [7, 11) is 0. The van der Waals surface area contributed by atoms with E-state index >= 15 is 0 Å². The lowest BCUT2D eigenvalue weighted by atomic mass is 9.84. The molecule has 1 N–H and O–H groups in total. The van der Waals surface area contributed by atoms with E-state index < -0.39 is 0 Å². The molecule has 1 aromatic carbocycles. The van der Waals surface area contributed by atoms with Crippen LogP contribution >= 0.6 is 11.6 Å². The molecule has 0 saturated carbocycles. The molecule has 1 heterocycles. The highest BCUT2D eigenvalue weighted by molar-refractivity contribution is 6.30. The minimum Gasteiger partial charge on any atom is -0.340 e. The first-order valence-electron chi connectivity index (χ1n) is 8.68. The minimum absolute atomic E-state index is 0.206. The fourth-order valence-electron chi connectivity index (χ4n) is 2.95. The molecule has 128 valence electrons. The Hall–Kier alpha value is -1.06. The molecule has 0 radical (unpaired) electrons. The van der Waals surface area contributed by atoms with Crippen LogP contribution in [-0.4, -0.2) is 30.4 Å². The lowest BCUT2D eigenvalue weighted by molar-refractivity contribution is -0.132. The van der Waals surface area contributed by atoms with Crippen molar-refractivity contribution in [1.29, 1.82) is 0 Å². The molecule has 1 aliphatic rings. The highest BCUT2D eigenvalue weighted by Gasteiger charge is 2.24. The smallest absolute Gasteiger partial charge is 0.222 e. The van der Waals surface area contributed by atoms with E-state index in [9.17, 15) is 4.79 Å². The summed E-state index contributed by atoms with van der Waals surface area (Å²) in [5.41, 5.74) is 1.54. The van der Waals surface area contributed by atoms with Crippen molar-refractivity contribution < 1.29 is 4.79 Å². The van der Waals surface area contributed by atoms with Gasteiger partial charge in [0.05, 0.1) is 0 Å². The number of halogens is 1. The van der Waals surface area contributed by atoms with Crippen molar-refractivity contribution in [2.75, 3.05) is 19.6 Å². The van der Waals surface area contributed by atoms with Gasteiger partial charge in [0, 0.05) is 37.1 Å². The third kappa shape index (κ3) is 5.50. The minimum atomic E-state index is 0.206. The highest BCUT2D eigenvalue weighted by atomic mass is 35.5. The van der Waals surface area contributed by atoms with E-state index in [1.165, 1.54) is 5.56 Å². The van der Waals surface area contributed by atoms with Gasteiger partial charge in [-0.05, 0) is 36.0 Å². The molecule has 0 aromatic heterocycles. The highest BCUT2D eigenvalue weighted by Crippen LogP contribution is 2.27. The maximum absolute atomic E-state index is 12.5. The summed E-state index contributed by atoms with van der Waals surface area (Å²) in [6.07, 6.45) is 3.92. The molecule has 0 aliphatic carbocycles. The molecule has 23 heavy (non-hydrogen) atoms. The molecule has 1 aromatic rings. The lowest BCUT2D eigenvalue weighted by Gasteiger charge is -2.34. The Labute approximate surface area is 145 Å². The number of hydrogen-bond donors (Lipinski definition) is 1. The van der Waals surface area contributed by atoms with Crippen molar-refractivity contribution in [1.82, 2.24) is 10.2 Å².